The summed E-state index contributed by atoms with van der Waals surface area (Å²) in [6, 6.07) is 6.71. The van der Waals surface area contributed by atoms with Gasteiger partial charge in [0.2, 0.25) is 0 Å². The number of nitrogens with one attached hydrogen (secondary N) is 1. The zero-order valence-corrected chi connectivity index (χ0v) is 11.3. The topological polar surface area (TPSA) is 101 Å². The predicted molar refractivity (Wildman–Crippen MR) is 76.1 cm³/mol. The minimum Gasteiger partial charge on any atom is -0.409 e. The van der Waals surface area contributed by atoms with E-state index in [0.717, 1.165) is 6.07 Å². The lowest BCUT2D eigenvalue weighted by Gasteiger charge is -2.06. The van der Waals surface area contributed by atoms with Crippen LogP contribution in [0, 0.1) is 5.82 Å². The smallest absolute Gasteiger partial charge is 0.274 e. The molecular formula is C13H10ClFN4O2. The predicted octanol–water partition coefficient (Wildman–Crippen LogP) is 2.22. The van der Waals surface area contributed by atoms with Crippen molar-refractivity contribution in [1.29, 1.82) is 0 Å². The molecule has 6 nitrogen and oxygen atoms in total. The molecule has 0 atom stereocenters. The summed E-state index contributed by atoms with van der Waals surface area (Å²) in [6.45, 7) is 0. The lowest BCUT2D eigenvalue weighted by atomic mass is 10.2. The van der Waals surface area contributed by atoms with Crippen LogP contribution >= 0.6 is 11.6 Å². The molecule has 8 heteroatoms. The van der Waals surface area contributed by atoms with Crippen molar-refractivity contribution >= 4 is 29.0 Å². The number of rotatable bonds is 3. The highest BCUT2D eigenvalue weighted by Crippen LogP contribution is 2.19. The molecule has 0 aliphatic carbocycles. The van der Waals surface area contributed by atoms with Crippen molar-refractivity contribution in [2.75, 3.05) is 5.32 Å². The van der Waals surface area contributed by atoms with E-state index < -0.39 is 11.7 Å². The quantitative estimate of drug-likeness (QED) is 0.350. The number of nitrogens with two attached hydrogens (primary N) is 1. The number of amides is 1. The number of amidine groups is 1. The van der Waals surface area contributed by atoms with Gasteiger partial charge in [-0.05, 0) is 30.3 Å². The van der Waals surface area contributed by atoms with Crippen molar-refractivity contribution in [1.82, 2.24) is 4.98 Å². The number of aromatic nitrogens is 1. The van der Waals surface area contributed by atoms with Gasteiger partial charge in [0.15, 0.2) is 5.84 Å². The molecule has 1 aromatic carbocycles. The van der Waals surface area contributed by atoms with Crippen molar-refractivity contribution in [3.8, 4) is 0 Å². The van der Waals surface area contributed by atoms with Crippen LogP contribution in [0.25, 0.3) is 0 Å². The average Bonchev–Trinajstić information content (AvgIpc) is 2.50. The van der Waals surface area contributed by atoms with E-state index in [2.05, 4.69) is 15.5 Å². The normalized spacial score (nSPS) is 11.2. The van der Waals surface area contributed by atoms with E-state index in [4.69, 9.17) is 22.5 Å². The first-order valence-corrected chi connectivity index (χ1v) is 6.09. The fourth-order valence-electron chi connectivity index (χ4n) is 1.51. The maximum atomic E-state index is 13.0. The molecule has 0 bridgehead atoms. The van der Waals surface area contributed by atoms with Gasteiger partial charge in [-0.1, -0.05) is 16.8 Å². The number of carbonyl (C=O) groups excluding carboxylic acids is 1. The van der Waals surface area contributed by atoms with Gasteiger partial charge in [0.25, 0.3) is 5.91 Å². The first-order chi connectivity index (χ1) is 10.0. The monoisotopic (exact) mass is 308 g/mol. The maximum Gasteiger partial charge on any atom is 0.274 e. The Balaban J connectivity index is 2.14. The molecule has 0 saturated heterocycles. The third-order valence-electron chi connectivity index (χ3n) is 2.58. The molecule has 0 spiro atoms. The molecule has 1 aromatic heterocycles. The van der Waals surface area contributed by atoms with Crippen LogP contribution in [-0.4, -0.2) is 21.9 Å². The maximum absolute atomic E-state index is 13.0. The number of anilines is 1. The fourth-order valence-corrected chi connectivity index (χ4v) is 1.69. The summed E-state index contributed by atoms with van der Waals surface area (Å²) in [5, 5.41) is 13.8. The molecule has 0 aliphatic heterocycles. The van der Waals surface area contributed by atoms with Crippen LogP contribution in [0.1, 0.15) is 16.1 Å². The van der Waals surface area contributed by atoms with Crippen molar-refractivity contribution in [3.05, 3.63) is 58.6 Å². The molecule has 0 radical (unpaired) electrons. The second-order valence-electron chi connectivity index (χ2n) is 4.00. The van der Waals surface area contributed by atoms with Gasteiger partial charge >= 0.3 is 0 Å². The van der Waals surface area contributed by atoms with Crippen LogP contribution in [0.4, 0.5) is 10.1 Å². The van der Waals surface area contributed by atoms with Gasteiger partial charge in [0.05, 0.1) is 5.02 Å². The second-order valence-corrected chi connectivity index (χ2v) is 4.41. The number of pyridine rings is 1. The Bertz CT molecular complexity index is 704. The summed E-state index contributed by atoms with van der Waals surface area (Å²) in [5.74, 6) is -1.18. The van der Waals surface area contributed by atoms with E-state index in [1.807, 2.05) is 0 Å². The molecule has 0 aliphatic rings. The van der Waals surface area contributed by atoms with Crippen molar-refractivity contribution in [2.45, 2.75) is 0 Å². The lowest BCUT2D eigenvalue weighted by molar-refractivity contribution is 0.102. The minimum absolute atomic E-state index is 0.0944. The third-order valence-corrected chi connectivity index (χ3v) is 2.87. The van der Waals surface area contributed by atoms with Crippen molar-refractivity contribution in [2.24, 2.45) is 10.9 Å². The van der Waals surface area contributed by atoms with Crippen molar-refractivity contribution < 1.29 is 14.4 Å². The average molecular weight is 309 g/mol. The van der Waals surface area contributed by atoms with Gasteiger partial charge in [-0.15, -0.1) is 0 Å². The third kappa shape index (κ3) is 3.46. The Morgan fingerprint density at radius 1 is 1.38 bits per heavy atom. The molecule has 108 valence electrons. The largest absolute Gasteiger partial charge is 0.409 e. The number of hydrogen-bond acceptors (Lipinski definition) is 4. The molecule has 4 N–H and O–H groups in total. The van der Waals surface area contributed by atoms with Crippen LogP contribution in [-0.2, 0) is 0 Å². The van der Waals surface area contributed by atoms with E-state index in [1.165, 1.54) is 30.5 Å². The summed E-state index contributed by atoms with van der Waals surface area (Å²) in [7, 11) is 0. The zero-order valence-electron chi connectivity index (χ0n) is 10.5. The summed E-state index contributed by atoms with van der Waals surface area (Å²) >= 11 is 5.62. The number of oxime groups is 1. The number of benzene rings is 1. The van der Waals surface area contributed by atoms with Gasteiger partial charge in [0.1, 0.15) is 11.5 Å². The Hall–Kier alpha value is -2.67. The Morgan fingerprint density at radius 3 is 2.71 bits per heavy atom. The lowest BCUT2D eigenvalue weighted by Crippen LogP contribution is -2.16. The zero-order chi connectivity index (χ0) is 15.4. The number of hydrogen-bond donors (Lipinski definition) is 3. The molecule has 1 heterocycles. The summed E-state index contributed by atoms with van der Waals surface area (Å²) < 4.78 is 13.0. The summed E-state index contributed by atoms with van der Waals surface area (Å²) in [5.41, 5.74) is 6.22. The minimum atomic E-state index is -0.573. The van der Waals surface area contributed by atoms with E-state index in [1.54, 1.807) is 0 Å². The van der Waals surface area contributed by atoms with E-state index >= 15 is 0 Å². The molecule has 2 aromatic rings. The van der Waals surface area contributed by atoms with Gasteiger partial charge in [-0.25, -0.2) is 4.39 Å². The standard InChI is InChI=1S/C13H10ClFN4O2/c14-9-5-8(2-3-10(9)15)18-13(20)11-4-1-7(6-17-11)12(16)19-21/h1-6,21H,(H2,16,19)(H,18,20). The molecule has 0 fully saturated rings. The summed E-state index contributed by atoms with van der Waals surface area (Å²) in [4.78, 5) is 15.8. The number of halogens is 2. The molecular weight excluding hydrogens is 299 g/mol. The fraction of sp³-hybridized carbons (Fsp3) is 0. The first kappa shape index (κ1) is 14.7. The van der Waals surface area contributed by atoms with E-state index in [9.17, 15) is 9.18 Å². The molecule has 1 amide bonds. The van der Waals surface area contributed by atoms with Crippen LogP contribution in [0.3, 0.4) is 0 Å². The van der Waals surface area contributed by atoms with Crippen molar-refractivity contribution in [3.63, 3.8) is 0 Å². The Labute approximate surface area is 124 Å². The number of nitrogens with zero attached hydrogens (tertiary/aromatic N) is 2. The molecule has 0 unspecified atom stereocenters. The van der Waals surface area contributed by atoms with Gasteiger partial charge in [-0.3, -0.25) is 9.78 Å². The highest BCUT2D eigenvalue weighted by atomic mass is 35.5. The van der Waals surface area contributed by atoms with Crippen LogP contribution in [0.2, 0.25) is 5.02 Å². The molecule has 2 rings (SSSR count). The van der Waals surface area contributed by atoms with Gasteiger partial charge < -0.3 is 16.3 Å². The highest BCUT2D eigenvalue weighted by Gasteiger charge is 2.10. The van der Waals surface area contributed by atoms with E-state index in [-0.39, 0.29) is 16.6 Å². The summed E-state index contributed by atoms with van der Waals surface area (Å²) in [6.07, 6.45) is 1.29. The Morgan fingerprint density at radius 2 is 2.14 bits per heavy atom. The first-order valence-electron chi connectivity index (χ1n) is 5.71. The second kappa shape index (κ2) is 6.19. The highest BCUT2D eigenvalue weighted by molar-refractivity contribution is 6.31. The van der Waals surface area contributed by atoms with Crippen LogP contribution in [0.15, 0.2) is 41.7 Å². The van der Waals surface area contributed by atoms with Crippen LogP contribution in [0.5, 0.6) is 0 Å². The van der Waals surface area contributed by atoms with Gasteiger partial charge in [-0.2, -0.15) is 0 Å². The van der Waals surface area contributed by atoms with Crippen LogP contribution < -0.4 is 11.1 Å². The van der Waals surface area contributed by atoms with E-state index in [0.29, 0.717) is 11.3 Å². The molecule has 21 heavy (non-hydrogen) atoms. The number of carbonyl (C=O) groups is 1. The SMILES string of the molecule is NC(=NO)c1ccc(C(=O)Nc2ccc(F)c(Cl)c2)nc1. The molecule has 0 saturated carbocycles. The Kier molecular flexibility index (Phi) is 4.34. The van der Waals surface area contributed by atoms with Gasteiger partial charge in [0, 0.05) is 17.4 Å².